The normalized spacial score (nSPS) is 18.8. The topological polar surface area (TPSA) is 26.0 Å². The summed E-state index contributed by atoms with van der Waals surface area (Å²) in [4.78, 5) is 0. The highest BCUT2D eigenvalue weighted by molar-refractivity contribution is 7.08. The Hall–Kier alpha value is -0.340. The van der Waals surface area contributed by atoms with Crippen LogP contribution >= 0.6 is 11.3 Å². The summed E-state index contributed by atoms with van der Waals surface area (Å²) in [6.45, 7) is 0.718. The highest BCUT2D eigenvalue weighted by Gasteiger charge is 2.19. The minimum absolute atomic E-state index is 0.718. The van der Waals surface area contributed by atoms with Gasteiger partial charge in [0.2, 0.25) is 0 Å². The van der Waals surface area contributed by atoms with Gasteiger partial charge in [0.05, 0.1) is 0 Å². The fraction of sp³-hybridized carbons (Fsp3) is 0.600. The zero-order valence-corrected chi connectivity index (χ0v) is 8.07. The molecule has 0 saturated heterocycles. The van der Waals surface area contributed by atoms with Gasteiger partial charge in [-0.1, -0.05) is 12.8 Å². The molecule has 2 rings (SSSR count). The molecule has 1 nitrogen and oxygen atoms in total. The molecule has 0 radical (unpaired) electrons. The summed E-state index contributed by atoms with van der Waals surface area (Å²) >= 11 is 1.80. The molecular weight excluding hydrogens is 166 g/mol. The van der Waals surface area contributed by atoms with Crippen molar-refractivity contribution in [1.29, 1.82) is 0 Å². The third-order valence-electron chi connectivity index (χ3n) is 2.79. The van der Waals surface area contributed by atoms with E-state index in [0.717, 1.165) is 12.5 Å². The van der Waals surface area contributed by atoms with E-state index in [0.29, 0.717) is 0 Å². The predicted octanol–water partition coefficient (Wildman–Crippen LogP) is 2.86. The third-order valence-corrected chi connectivity index (χ3v) is 3.60. The van der Waals surface area contributed by atoms with Crippen molar-refractivity contribution in [2.75, 3.05) is 0 Å². The van der Waals surface area contributed by atoms with Crippen LogP contribution in [0.2, 0.25) is 0 Å². The molecule has 1 fully saturated rings. The molecular formula is C10H15NS. The minimum Gasteiger partial charge on any atom is -0.326 e. The molecule has 1 heterocycles. The van der Waals surface area contributed by atoms with Crippen LogP contribution in [0, 0.1) is 0 Å². The fourth-order valence-corrected chi connectivity index (χ4v) is 3.05. The summed E-state index contributed by atoms with van der Waals surface area (Å²) in [5.74, 6) is 0.829. The van der Waals surface area contributed by atoms with Crippen LogP contribution in [0.1, 0.15) is 42.7 Å². The second-order valence-corrected chi connectivity index (χ2v) is 4.28. The summed E-state index contributed by atoms with van der Waals surface area (Å²) in [6.07, 6.45) is 5.57. The van der Waals surface area contributed by atoms with Gasteiger partial charge in [0.25, 0.3) is 0 Å². The SMILES string of the molecule is NCc1cscc1C1CCCC1. The van der Waals surface area contributed by atoms with Crippen LogP contribution in [0.4, 0.5) is 0 Å². The summed E-state index contributed by atoms with van der Waals surface area (Å²) in [5.41, 5.74) is 8.59. The fourth-order valence-electron chi connectivity index (χ4n) is 2.09. The van der Waals surface area contributed by atoms with Crippen LogP contribution in [0.3, 0.4) is 0 Å². The van der Waals surface area contributed by atoms with E-state index in [1.54, 1.807) is 16.9 Å². The number of rotatable bonds is 2. The first-order valence-corrected chi connectivity index (χ1v) is 5.61. The van der Waals surface area contributed by atoms with Crippen molar-refractivity contribution in [3.63, 3.8) is 0 Å². The molecule has 66 valence electrons. The van der Waals surface area contributed by atoms with E-state index < -0.39 is 0 Å². The Labute approximate surface area is 77.6 Å². The first kappa shape index (κ1) is 8.27. The van der Waals surface area contributed by atoms with Crippen LogP contribution < -0.4 is 5.73 Å². The molecule has 1 saturated carbocycles. The van der Waals surface area contributed by atoms with E-state index in [-0.39, 0.29) is 0 Å². The van der Waals surface area contributed by atoms with Gasteiger partial charge >= 0.3 is 0 Å². The van der Waals surface area contributed by atoms with E-state index in [4.69, 9.17) is 5.73 Å². The lowest BCUT2D eigenvalue weighted by Gasteiger charge is -2.08. The monoisotopic (exact) mass is 181 g/mol. The van der Waals surface area contributed by atoms with Crippen LogP contribution in [0.15, 0.2) is 10.8 Å². The summed E-state index contributed by atoms with van der Waals surface area (Å²) in [5, 5.41) is 4.49. The average Bonchev–Trinajstić information content (AvgIpc) is 2.74. The molecule has 0 bridgehead atoms. The average molecular weight is 181 g/mol. The lowest BCUT2D eigenvalue weighted by molar-refractivity contribution is 0.716. The molecule has 2 heteroatoms. The molecule has 12 heavy (non-hydrogen) atoms. The van der Waals surface area contributed by atoms with Crippen molar-refractivity contribution in [2.24, 2.45) is 5.73 Å². The third kappa shape index (κ3) is 1.41. The van der Waals surface area contributed by atoms with E-state index in [9.17, 15) is 0 Å². The number of hydrogen-bond acceptors (Lipinski definition) is 2. The predicted molar refractivity (Wildman–Crippen MR) is 53.4 cm³/mol. The van der Waals surface area contributed by atoms with Crippen LogP contribution in [0.5, 0.6) is 0 Å². The lowest BCUT2D eigenvalue weighted by atomic mass is 9.97. The molecule has 0 atom stereocenters. The Balaban J connectivity index is 2.19. The maximum atomic E-state index is 5.67. The molecule has 2 N–H and O–H groups in total. The zero-order valence-electron chi connectivity index (χ0n) is 7.25. The number of thiophene rings is 1. The van der Waals surface area contributed by atoms with Gasteiger partial charge < -0.3 is 5.73 Å². The van der Waals surface area contributed by atoms with Gasteiger partial charge in [0.1, 0.15) is 0 Å². The molecule has 1 aromatic rings. The van der Waals surface area contributed by atoms with Gasteiger partial charge in [-0.25, -0.2) is 0 Å². The Morgan fingerprint density at radius 1 is 1.33 bits per heavy atom. The van der Waals surface area contributed by atoms with Crippen molar-refractivity contribution in [3.8, 4) is 0 Å². The van der Waals surface area contributed by atoms with Crippen molar-refractivity contribution in [1.82, 2.24) is 0 Å². The highest BCUT2D eigenvalue weighted by atomic mass is 32.1. The molecule has 1 aliphatic carbocycles. The Kier molecular flexibility index (Phi) is 2.47. The van der Waals surface area contributed by atoms with Crippen molar-refractivity contribution in [3.05, 3.63) is 21.9 Å². The molecule has 1 aromatic heterocycles. The van der Waals surface area contributed by atoms with Gasteiger partial charge in [0.15, 0.2) is 0 Å². The maximum absolute atomic E-state index is 5.67. The standard InChI is InChI=1S/C10H15NS/c11-5-9-6-12-7-10(9)8-3-1-2-4-8/h6-8H,1-5,11H2. The van der Waals surface area contributed by atoms with Crippen molar-refractivity contribution < 1.29 is 0 Å². The molecule has 1 aliphatic rings. The Bertz CT molecular complexity index is 248. The Morgan fingerprint density at radius 3 is 2.75 bits per heavy atom. The lowest BCUT2D eigenvalue weighted by Crippen LogP contribution is -2.00. The van der Waals surface area contributed by atoms with Gasteiger partial charge in [-0.05, 0) is 40.6 Å². The quantitative estimate of drug-likeness (QED) is 0.746. The van der Waals surface area contributed by atoms with E-state index in [1.165, 1.54) is 31.2 Å². The number of hydrogen-bond donors (Lipinski definition) is 1. The van der Waals surface area contributed by atoms with Gasteiger partial charge in [-0.2, -0.15) is 11.3 Å². The van der Waals surface area contributed by atoms with Crippen LogP contribution in [-0.4, -0.2) is 0 Å². The Morgan fingerprint density at radius 2 is 2.08 bits per heavy atom. The zero-order chi connectivity index (χ0) is 8.39. The minimum atomic E-state index is 0.718. The molecule has 0 spiro atoms. The first-order chi connectivity index (χ1) is 5.92. The summed E-state index contributed by atoms with van der Waals surface area (Å²) < 4.78 is 0. The first-order valence-electron chi connectivity index (χ1n) is 4.67. The molecule has 0 unspecified atom stereocenters. The van der Waals surface area contributed by atoms with Crippen LogP contribution in [-0.2, 0) is 6.54 Å². The second-order valence-electron chi connectivity index (χ2n) is 3.54. The van der Waals surface area contributed by atoms with E-state index >= 15 is 0 Å². The van der Waals surface area contributed by atoms with Gasteiger partial charge in [0, 0.05) is 6.54 Å². The maximum Gasteiger partial charge on any atom is 0.0189 e. The van der Waals surface area contributed by atoms with Crippen molar-refractivity contribution in [2.45, 2.75) is 38.1 Å². The van der Waals surface area contributed by atoms with Gasteiger partial charge in [-0.15, -0.1) is 0 Å². The molecule has 0 aliphatic heterocycles. The highest BCUT2D eigenvalue weighted by Crippen LogP contribution is 2.37. The number of nitrogens with two attached hydrogens (primary N) is 1. The smallest absolute Gasteiger partial charge is 0.0189 e. The molecule has 0 amide bonds. The van der Waals surface area contributed by atoms with Crippen molar-refractivity contribution >= 4 is 11.3 Å². The van der Waals surface area contributed by atoms with Gasteiger partial charge in [-0.3, -0.25) is 0 Å². The molecule has 0 aromatic carbocycles. The van der Waals surface area contributed by atoms with E-state index in [1.807, 2.05) is 0 Å². The summed E-state index contributed by atoms with van der Waals surface area (Å²) in [6, 6.07) is 0. The summed E-state index contributed by atoms with van der Waals surface area (Å²) in [7, 11) is 0. The van der Waals surface area contributed by atoms with Crippen LogP contribution in [0.25, 0.3) is 0 Å². The second kappa shape index (κ2) is 3.58. The largest absolute Gasteiger partial charge is 0.326 e. The van der Waals surface area contributed by atoms with E-state index in [2.05, 4.69) is 10.8 Å².